The van der Waals surface area contributed by atoms with Crippen molar-refractivity contribution in [2.75, 3.05) is 50.7 Å². The Kier molecular flexibility index (Phi) is 3.44. The molecule has 4 rings (SSSR count). The van der Waals surface area contributed by atoms with E-state index in [1.54, 1.807) is 11.3 Å². The van der Waals surface area contributed by atoms with Crippen LogP contribution in [0.1, 0.15) is 19.3 Å². The van der Waals surface area contributed by atoms with E-state index in [-0.39, 0.29) is 0 Å². The van der Waals surface area contributed by atoms with Gasteiger partial charge >= 0.3 is 0 Å². The van der Waals surface area contributed by atoms with Crippen molar-refractivity contribution in [1.29, 1.82) is 0 Å². The molecule has 0 amide bonds. The van der Waals surface area contributed by atoms with Crippen LogP contribution in [0.5, 0.6) is 0 Å². The van der Waals surface area contributed by atoms with Gasteiger partial charge in [0.2, 0.25) is 0 Å². The van der Waals surface area contributed by atoms with Crippen LogP contribution in [-0.2, 0) is 0 Å². The van der Waals surface area contributed by atoms with Gasteiger partial charge in [-0.3, -0.25) is 4.90 Å². The van der Waals surface area contributed by atoms with Crippen molar-refractivity contribution in [2.45, 2.75) is 19.3 Å². The van der Waals surface area contributed by atoms with E-state index in [4.69, 9.17) is 0 Å². The standard InChI is InChI=1S/C15H24N4S/c1-3-16-4-2-15(1)11-13(15)12-18-6-8-19(9-7-18)14-17-5-10-20-14/h5,10,13,16H,1-4,6-9,11-12H2. The number of hydrogen-bond donors (Lipinski definition) is 1. The lowest BCUT2D eigenvalue weighted by Gasteiger charge is -2.35. The van der Waals surface area contributed by atoms with E-state index in [0.29, 0.717) is 0 Å². The number of piperidine rings is 1. The van der Waals surface area contributed by atoms with Gasteiger partial charge in [-0.05, 0) is 43.7 Å². The average Bonchev–Trinajstić information content (AvgIpc) is 2.94. The van der Waals surface area contributed by atoms with Gasteiger partial charge in [-0.1, -0.05) is 0 Å². The van der Waals surface area contributed by atoms with Gasteiger partial charge in [0, 0.05) is 44.3 Å². The number of nitrogens with one attached hydrogen (secondary N) is 1. The molecule has 1 aliphatic carbocycles. The first-order valence-electron chi connectivity index (χ1n) is 7.93. The number of piperazine rings is 1. The number of aromatic nitrogens is 1. The average molecular weight is 292 g/mol. The lowest BCUT2D eigenvalue weighted by Crippen LogP contribution is -2.47. The van der Waals surface area contributed by atoms with Crippen LogP contribution in [0.15, 0.2) is 11.6 Å². The van der Waals surface area contributed by atoms with E-state index in [1.165, 1.54) is 57.1 Å². The summed E-state index contributed by atoms with van der Waals surface area (Å²) in [7, 11) is 0. The Morgan fingerprint density at radius 3 is 2.75 bits per heavy atom. The molecule has 1 aromatic rings. The number of thiazole rings is 1. The topological polar surface area (TPSA) is 31.4 Å². The fourth-order valence-electron chi connectivity index (χ4n) is 4.03. The summed E-state index contributed by atoms with van der Waals surface area (Å²) < 4.78 is 0. The summed E-state index contributed by atoms with van der Waals surface area (Å²) in [6, 6.07) is 0. The highest BCUT2D eigenvalue weighted by molar-refractivity contribution is 7.13. The summed E-state index contributed by atoms with van der Waals surface area (Å²) in [5.74, 6) is 0.982. The summed E-state index contributed by atoms with van der Waals surface area (Å²) >= 11 is 1.76. The predicted octanol–water partition coefficient (Wildman–Crippen LogP) is 1.65. The quantitative estimate of drug-likeness (QED) is 0.918. The Hall–Kier alpha value is -0.650. The molecule has 3 heterocycles. The zero-order valence-corrected chi connectivity index (χ0v) is 12.9. The molecule has 2 saturated heterocycles. The highest BCUT2D eigenvalue weighted by Crippen LogP contribution is 2.58. The number of rotatable bonds is 3. The van der Waals surface area contributed by atoms with Gasteiger partial charge in [-0.15, -0.1) is 11.3 Å². The first-order chi connectivity index (χ1) is 9.86. The summed E-state index contributed by atoms with van der Waals surface area (Å²) in [6.45, 7) is 8.55. The van der Waals surface area contributed by atoms with Gasteiger partial charge in [0.25, 0.3) is 0 Å². The molecule has 1 N–H and O–H groups in total. The van der Waals surface area contributed by atoms with E-state index in [2.05, 4.69) is 25.5 Å². The summed E-state index contributed by atoms with van der Waals surface area (Å²) in [5, 5.41) is 6.78. The highest BCUT2D eigenvalue weighted by atomic mass is 32.1. The molecule has 3 aliphatic rings. The fraction of sp³-hybridized carbons (Fsp3) is 0.800. The Bertz CT molecular complexity index is 433. The van der Waals surface area contributed by atoms with Crippen LogP contribution >= 0.6 is 11.3 Å². The Balaban J connectivity index is 1.26. The molecule has 5 heteroatoms. The molecule has 2 aliphatic heterocycles. The van der Waals surface area contributed by atoms with Crippen LogP contribution < -0.4 is 10.2 Å². The van der Waals surface area contributed by atoms with Crippen molar-refractivity contribution < 1.29 is 0 Å². The maximum atomic E-state index is 4.43. The third kappa shape index (κ3) is 2.47. The Labute approximate surface area is 125 Å². The zero-order chi connectivity index (χ0) is 13.4. The lowest BCUT2D eigenvalue weighted by atomic mass is 9.92. The van der Waals surface area contributed by atoms with E-state index < -0.39 is 0 Å². The van der Waals surface area contributed by atoms with Gasteiger partial charge < -0.3 is 10.2 Å². The molecular formula is C15H24N4S. The summed E-state index contributed by atoms with van der Waals surface area (Å²) in [5.41, 5.74) is 0.734. The van der Waals surface area contributed by atoms with Gasteiger partial charge in [0.05, 0.1) is 0 Å². The van der Waals surface area contributed by atoms with Crippen LogP contribution in [0.4, 0.5) is 5.13 Å². The van der Waals surface area contributed by atoms with Crippen LogP contribution in [0, 0.1) is 11.3 Å². The molecule has 0 radical (unpaired) electrons. The van der Waals surface area contributed by atoms with Gasteiger partial charge in [-0.2, -0.15) is 0 Å². The molecule has 20 heavy (non-hydrogen) atoms. The van der Waals surface area contributed by atoms with Crippen molar-refractivity contribution >= 4 is 16.5 Å². The minimum atomic E-state index is 0.734. The molecule has 1 atom stereocenters. The predicted molar refractivity (Wildman–Crippen MR) is 83.4 cm³/mol. The molecule has 4 nitrogen and oxygen atoms in total. The van der Waals surface area contributed by atoms with Crippen molar-refractivity contribution in [2.24, 2.45) is 11.3 Å². The molecule has 0 bridgehead atoms. The largest absolute Gasteiger partial charge is 0.346 e. The minimum Gasteiger partial charge on any atom is -0.346 e. The van der Waals surface area contributed by atoms with Crippen molar-refractivity contribution in [3.8, 4) is 0 Å². The molecule has 1 unspecified atom stereocenters. The second-order valence-corrected chi connectivity index (χ2v) is 7.49. The Morgan fingerprint density at radius 1 is 1.25 bits per heavy atom. The van der Waals surface area contributed by atoms with Crippen molar-refractivity contribution in [1.82, 2.24) is 15.2 Å². The fourth-order valence-corrected chi connectivity index (χ4v) is 4.73. The van der Waals surface area contributed by atoms with Crippen molar-refractivity contribution in [3.05, 3.63) is 11.6 Å². The number of hydrogen-bond acceptors (Lipinski definition) is 5. The highest BCUT2D eigenvalue weighted by Gasteiger charge is 2.53. The molecule has 3 fully saturated rings. The normalized spacial score (nSPS) is 29.8. The maximum Gasteiger partial charge on any atom is 0.185 e. The third-order valence-corrected chi connectivity index (χ3v) is 6.33. The zero-order valence-electron chi connectivity index (χ0n) is 12.1. The Morgan fingerprint density at radius 2 is 2.05 bits per heavy atom. The van der Waals surface area contributed by atoms with Crippen LogP contribution in [0.25, 0.3) is 0 Å². The maximum absolute atomic E-state index is 4.43. The first-order valence-corrected chi connectivity index (χ1v) is 8.81. The minimum absolute atomic E-state index is 0.734. The second-order valence-electron chi connectivity index (χ2n) is 6.62. The van der Waals surface area contributed by atoms with Gasteiger partial charge in [0.1, 0.15) is 0 Å². The summed E-state index contributed by atoms with van der Waals surface area (Å²) in [4.78, 5) is 9.55. The van der Waals surface area contributed by atoms with Gasteiger partial charge in [-0.25, -0.2) is 4.98 Å². The van der Waals surface area contributed by atoms with E-state index in [9.17, 15) is 0 Å². The molecular weight excluding hydrogens is 268 g/mol. The van der Waals surface area contributed by atoms with Crippen LogP contribution in [-0.4, -0.2) is 55.7 Å². The van der Waals surface area contributed by atoms with Crippen LogP contribution in [0.2, 0.25) is 0 Å². The molecule has 1 spiro atoms. The number of anilines is 1. The first kappa shape index (κ1) is 13.0. The molecule has 1 aromatic heterocycles. The van der Waals surface area contributed by atoms with E-state index >= 15 is 0 Å². The lowest BCUT2D eigenvalue weighted by molar-refractivity contribution is 0.219. The smallest absolute Gasteiger partial charge is 0.185 e. The second kappa shape index (κ2) is 5.28. The third-order valence-electron chi connectivity index (χ3n) is 5.50. The molecule has 0 aromatic carbocycles. The summed E-state index contributed by atoms with van der Waals surface area (Å²) in [6.07, 6.45) is 6.23. The van der Waals surface area contributed by atoms with Gasteiger partial charge in [0.15, 0.2) is 5.13 Å². The van der Waals surface area contributed by atoms with E-state index in [0.717, 1.165) is 24.4 Å². The SMILES string of the molecule is c1csc(N2CCN(CC3CC34CCNCC4)CC2)n1. The van der Waals surface area contributed by atoms with Crippen molar-refractivity contribution in [3.63, 3.8) is 0 Å². The monoisotopic (exact) mass is 292 g/mol. The number of nitrogens with zero attached hydrogens (tertiary/aromatic N) is 3. The van der Waals surface area contributed by atoms with Crippen LogP contribution in [0.3, 0.4) is 0 Å². The molecule has 110 valence electrons. The molecule has 1 saturated carbocycles. The van der Waals surface area contributed by atoms with E-state index in [1.807, 2.05) is 6.20 Å².